The van der Waals surface area contributed by atoms with E-state index in [2.05, 4.69) is 28.2 Å². The minimum atomic E-state index is -0.202. The zero-order chi connectivity index (χ0) is 33.1. The van der Waals surface area contributed by atoms with Crippen LogP contribution in [-0.4, -0.2) is 80.4 Å². The Morgan fingerprint density at radius 1 is 0.723 bits per heavy atom. The molecule has 2 heterocycles. The molecule has 2 aliphatic heterocycles. The van der Waals surface area contributed by atoms with Crippen molar-refractivity contribution in [2.24, 2.45) is 0 Å². The second-order valence-electron chi connectivity index (χ2n) is 12.8. The lowest BCUT2D eigenvalue weighted by Gasteiger charge is -2.34. The third kappa shape index (κ3) is 7.08. The molecule has 8 nitrogen and oxygen atoms in total. The molecule has 4 aromatic carbocycles. The third-order valence-corrected chi connectivity index (χ3v) is 9.26. The predicted molar refractivity (Wildman–Crippen MR) is 190 cm³/mol. The van der Waals surface area contributed by atoms with Crippen LogP contribution in [0, 0.1) is 20.8 Å². The lowest BCUT2D eigenvalue weighted by atomic mass is 9.98. The van der Waals surface area contributed by atoms with Gasteiger partial charge in [-0.2, -0.15) is 0 Å². The Hall–Kier alpha value is -4.95. The first-order valence-corrected chi connectivity index (χ1v) is 16.4. The summed E-state index contributed by atoms with van der Waals surface area (Å²) in [5.41, 5.74) is 8.40. The van der Waals surface area contributed by atoms with E-state index in [1.165, 1.54) is 0 Å². The maximum absolute atomic E-state index is 14.1. The van der Waals surface area contributed by atoms with E-state index in [4.69, 9.17) is 0 Å². The molecule has 1 fully saturated rings. The van der Waals surface area contributed by atoms with E-state index in [9.17, 15) is 14.4 Å². The molecule has 242 valence electrons. The van der Waals surface area contributed by atoms with Gasteiger partial charge in [0.05, 0.1) is 17.9 Å². The summed E-state index contributed by atoms with van der Waals surface area (Å²) in [5, 5.41) is 3.07. The summed E-state index contributed by atoms with van der Waals surface area (Å²) in [7, 11) is 2.08. The molecule has 47 heavy (non-hydrogen) atoms. The molecule has 3 amide bonds. The SMILES string of the molecule is Cc1ccc(-c2ccccc2C(=O)Nc2ccc(C(=O)N3CCCN(CC(=O)N4CCN(C)CC4)c4cc(C)ccc43)cc2C)cc1. The molecule has 0 spiro atoms. The van der Waals surface area contributed by atoms with Crippen LogP contribution in [0.15, 0.2) is 84.9 Å². The Bertz CT molecular complexity index is 1790. The van der Waals surface area contributed by atoms with E-state index >= 15 is 0 Å². The van der Waals surface area contributed by atoms with Crippen LogP contribution in [-0.2, 0) is 4.79 Å². The first-order valence-electron chi connectivity index (χ1n) is 16.4. The summed E-state index contributed by atoms with van der Waals surface area (Å²) in [5.74, 6) is -0.181. The number of nitrogens with one attached hydrogen (secondary N) is 1. The van der Waals surface area contributed by atoms with Crippen molar-refractivity contribution >= 4 is 34.8 Å². The number of aryl methyl sites for hydroxylation is 3. The minimum absolute atomic E-state index is 0.104. The average molecular weight is 630 g/mol. The van der Waals surface area contributed by atoms with Crippen molar-refractivity contribution in [3.05, 3.63) is 113 Å². The maximum atomic E-state index is 14.1. The number of amides is 3. The molecule has 6 rings (SSSR count). The molecule has 0 atom stereocenters. The van der Waals surface area contributed by atoms with Crippen LogP contribution >= 0.6 is 0 Å². The van der Waals surface area contributed by atoms with Crippen LogP contribution in [0.3, 0.4) is 0 Å². The van der Waals surface area contributed by atoms with Crippen molar-refractivity contribution < 1.29 is 14.4 Å². The number of rotatable bonds is 6. The topological polar surface area (TPSA) is 76.2 Å². The molecular weight excluding hydrogens is 586 g/mol. The van der Waals surface area contributed by atoms with Crippen molar-refractivity contribution in [2.75, 3.05) is 68.0 Å². The van der Waals surface area contributed by atoms with Crippen molar-refractivity contribution in [2.45, 2.75) is 27.2 Å². The van der Waals surface area contributed by atoms with Gasteiger partial charge in [-0.05, 0) is 92.9 Å². The molecule has 0 unspecified atom stereocenters. The lowest BCUT2D eigenvalue weighted by molar-refractivity contribution is -0.131. The first-order chi connectivity index (χ1) is 22.7. The Balaban J connectivity index is 1.20. The first kappa shape index (κ1) is 32.0. The minimum Gasteiger partial charge on any atom is -0.360 e. The smallest absolute Gasteiger partial charge is 0.258 e. The van der Waals surface area contributed by atoms with E-state index < -0.39 is 0 Å². The summed E-state index contributed by atoms with van der Waals surface area (Å²) >= 11 is 0. The van der Waals surface area contributed by atoms with E-state index in [0.29, 0.717) is 36.4 Å². The van der Waals surface area contributed by atoms with Crippen LogP contribution in [0.1, 0.15) is 43.8 Å². The number of carbonyl (C=O) groups excluding carboxylic acids is 3. The Morgan fingerprint density at radius 3 is 2.19 bits per heavy atom. The molecule has 0 aliphatic carbocycles. The van der Waals surface area contributed by atoms with Gasteiger partial charge in [0.25, 0.3) is 11.8 Å². The summed E-state index contributed by atoms with van der Waals surface area (Å²) in [6, 6.07) is 27.3. The highest BCUT2D eigenvalue weighted by Crippen LogP contribution is 2.35. The molecule has 0 radical (unpaired) electrons. The van der Waals surface area contributed by atoms with Gasteiger partial charge in [0.1, 0.15) is 0 Å². The van der Waals surface area contributed by atoms with Crippen LogP contribution < -0.4 is 15.1 Å². The highest BCUT2D eigenvalue weighted by Gasteiger charge is 2.29. The second kappa shape index (κ2) is 13.8. The molecule has 1 saturated heterocycles. The number of benzene rings is 4. The number of likely N-dealkylation sites (N-methyl/N-ethyl adjacent to an activating group) is 1. The standard InChI is InChI=1S/C39H43N5O3/c1-27-10-13-30(14-11-27)32-8-5-6-9-33(32)38(46)40-34-16-15-31(25-29(34)3)39(47)44-19-7-18-43(36-24-28(2)12-17-35(36)44)26-37(45)42-22-20-41(4)21-23-42/h5-6,8-17,24-25H,7,18-23,26H2,1-4H3,(H,40,46). The molecular formula is C39H43N5O3. The molecule has 1 N–H and O–H groups in total. The zero-order valence-electron chi connectivity index (χ0n) is 27.8. The summed E-state index contributed by atoms with van der Waals surface area (Å²) in [4.78, 5) is 49.1. The lowest BCUT2D eigenvalue weighted by Crippen LogP contribution is -2.50. The highest BCUT2D eigenvalue weighted by atomic mass is 16.2. The average Bonchev–Trinajstić information content (AvgIpc) is 3.24. The molecule has 0 bridgehead atoms. The summed E-state index contributed by atoms with van der Waals surface area (Å²) < 4.78 is 0. The fourth-order valence-electron chi connectivity index (χ4n) is 6.42. The molecule has 2 aliphatic rings. The number of hydrogen-bond donors (Lipinski definition) is 1. The van der Waals surface area contributed by atoms with Crippen molar-refractivity contribution in [3.8, 4) is 11.1 Å². The van der Waals surface area contributed by atoms with Crippen LogP contribution in [0.2, 0.25) is 0 Å². The van der Waals surface area contributed by atoms with Gasteiger partial charge in [0.2, 0.25) is 5.91 Å². The Morgan fingerprint density at radius 2 is 1.45 bits per heavy atom. The zero-order valence-corrected chi connectivity index (χ0v) is 27.8. The second-order valence-corrected chi connectivity index (χ2v) is 12.8. The number of piperazine rings is 1. The van der Waals surface area contributed by atoms with Crippen molar-refractivity contribution in [1.82, 2.24) is 9.80 Å². The van der Waals surface area contributed by atoms with E-state index in [-0.39, 0.29) is 17.7 Å². The number of anilines is 3. The number of hydrogen-bond acceptors (Lipinski definition) is 5. The number of fused-ring (bicyclic) bond motifs is 1. The van der Waals surface area contributed by atoms with Gasteiger partial charge in [-0.15, -0.1) is 0 Å². The van der Waals surface area contributed by atoms with Crippen molar-refractivity contribution in [3.63, 3.8) is 0 Å². The normalized spacial score (nSPS) is 15.2. The summed E-state index contributed by atoms with van der Waals surface area (Å²) in [6.45, 7) is 10.8. The fourth-order valence-corrected chi connectivity index (χ4v) is 6.42. The van der Waals surface area contributed by atoms with Gasteiger partial charge in [-0.25, -0.2) is 0 Å². The quantitative estimate of drug-likeness (QED) is 0.277. The van der Waals surface area contributed by atoms with Gasteiger partial charge in [0, 0.05) is 56.1 Å². The van der Waals surface area contributed by atoms with Gasteiger partial charge < -0.3 is 24.9 Å². The van der Waals surface area contributed by atoms with Crippen LogP contribution in [0.25, 0.3) is 11.1 Å². The largest absolute Gasteiger partial charge is 0.360 e. The van der Waals surface area contributed by atoms with Crippen LogP contribution in [0.5, 0.6) is 0 Å². The monoisotopic (exact) mass is 629 g/mol. The Kier molecular flexibility index (Phi) is 9.41. The van der Waals surface area contributed by atoms with E-state index in [0.717, 1.165) is 71.8 Å². The third-order valence-electron chi connectivity index (χ3n) is 9.26. The predicted octanol–water partition coefficient (Wildman–Crippen LogP) is 6.16. The summed E-state index contributed by atoms with van der Waals surface area (Å²) in [6.07, 6.45) is 0.739. The highest BCUT2D eigenvalue weighted by molar-refractivity contribution is 6.11. The fraction of sp³-hybridized carbons (Fsp3) is 0.308. The molecule has 0 saturated carbocycles. The number of nitrogens with zero attached hydrogens (tertiary/aromatic N) is 4. The van der Waals surface area contributed by atoms with Crippen molar-refractivity contribution in [1.29, 1.82) is 0 Å². The molecule has 4 aromatic rings. The molecule has 0 aromatic heterocycles. The van der Waals surface area contributed by atoms with Gasteiger partial charge >= 0.3 is 0 Å². The Labute approximate surface area is 277 Å². The van der Waals surface area contributed by atoms with Gasteiger partial charge in [0.15, 0.2) is 0 Å². The van der Waals surface area contributed by atoms with E-state index in [1.54, 1.807) is 6.07 Å². The van der Waals surface area contributed by atoms with Gasteiger partial charge in [-0.1, -0.05) is 54.1 Å². The van der Waals surface area contributed by atoms with Crippen LogP contribution in [0.4, 0.5) is 17.1 Å². The van der Waals surface area contributed by atoms with Gasteiger partial charge in [-0.3, -0.25) is 14.4 Å². The molecule has 8 heteroatoms. The van der Waals surface area contributed by atoms with E-state index in [1.807, 2.05) is 103 Å². The number of carbonyl (C=O) groups is 3. The maximum Gasteiger partial charge on any atom is 0.258 e.